The van der Waals surface area contributed by atoms with Crippen LogP contribution in [-0.4, -0.2) is 11.1 Å². The first kappa shape index (κ1) is 11.4. The van der Waals surface area contributed by atoms with Crippen molar-refractivity contribution in [3.05, 3.63) is 48.2 Å². The molecule has 0 unspecified atom stereocenters. The van der Waals surface area contributed by atoms with Gasteiger partial charge in [0.15, 0.2) is 5.82 Å². The van der Waals surface area contributed by atoms with Gasteiger partial charge < -0.3 is 9.84 Å². The van der Waals surface area contributed by atoms with Gasteiger partial charge in [0.05, 0.1) is 5.92 Å². The van der Waals surface area contributed by atoms with Gasteiger partial charge in [0.2, 0.25) is 5.91 Å². The fourth-order valence-corrected chi connectivity index (χ4v) is 1.75. The monoisotopic (exact) mass is 230 g/mol. The van der Waals surface area contributed by atoms with E-state index in [9.17, 15) is 4.79 Å². The van der Waals surface area contributed by atoms with Crippen molar-refractivity contribution in [1.29, 1.82) is 0 Å². The Bertz CT molecular complexity index is 465. The van der Waals surface area contributed by atoms with Crippen LogP contribution in [0.1, 0.15) is 24.8 Å². The van der Waals surface area contributed by atoms with Crippen molar-refractivity contribution in [1.82, 2.24) is 5.16 Å². The molecule has 4 heteroatoms. The van der Waals surface area contributed by atoms with Crippen molar-refractivity contribution in [3.8, 4) is 0 Å². The van der Waals surface area contributed by atoms with Crippen LogP contribution in [0.15, 0.2) is 47.2 Å². The molecule has 2 aromatic rings. The number of nitrogens with one attached hydrogen (secondary N) is 1. The number of aromatic nitrogens is 1. The molecule has 17 heavy (non-hydrogen) atoms. The van der Waals surface area contributed by atoms with E-state index in [0.29, 0.717) is 5.82 Å². The maximum atomic E-state index is 12.0. The Balaban J connectivity index is 2.11. The molecule has 1 aromatic carbocycles. The summed E-state index contributed by atoms with van der Waals surface area (Å²) in [5, 5.41) is 6.39. The fraction of sp³-hybridized carbons (Fsp3) is 0.231. The highest BCUT2D eigenvalue weighted by Gasteiger charge is 2.18. The summed E-state index contributed by atoms with van der Waals surface area (Å²) in [5.41, 5.74) is 1.01. The topological polar surface area (TPSA) is 55.1 Å². The molecule has 0 aliphatic carbocycles. The number of rotatable bonds is 4. The predicted octanol–water partition coefficient (Wildman–Crippen LogP) is 2.81. The van der Waals surface area contributed by atoms with Crippen molar-refractivity contribution < 1.29 is 9.32 Å². The van der Waals surface area contributed by atoms with Crippen LogP contribution in [0.5, 0.6) is 0 Å². The molecule has 0 saturated carbocycles. The summed E-state index contributed by atoms with van der Waals surface area (Å²) in [4.78, 5) is 12.0. The maximum Gasteiger partial charge on any atom is 0.233 e. The summed E-state index contributed by atoms with van der Waals surface area (Å²) in [6.45, 7) is 1.99. The molecule has 1 atom stereocenters. The zero-order chi connectivity index (χ0) is 12.1. The molecule has 1 N–H and O–H groups in total. The van der Waals surface area contributed by atoms with Gasteiger partial charge >= 0.3 is 0 Å². The van der Waals surface area contributed by atoms with E-state index in [2.05, 4.69) is 15.0 Å². The second-order valence-corrected chi connectivity index (χ2v) is 3.75. The zero-order valence-electron chi connectivity index (χ0n) is 9.59. The number of hydrogen-bond donors (Lipinski definition) is 1. The molecule has 1 aromatic heterocycles. The average molecular weight is 230 g/mol. The van der Waals surface area contributed by atoms with Crippen molar-refractivity contribution in [2.24, 2.45) is 0 Å². The Labute approximate surface area is 99.6 Å². The Hall–Kier alpha value is -2.10. The minimum Gasteiger partial charge on any atom is -0.363 e. The number of benzene rings is 1. The van der Waals surface area contributed by atoms with Crippen LogP contribution in [0.4, 0.5) is 5.82 Å². The van der Waals surface area contributed by atoms with Crippen LogP contribution in [-0.2, 0) is 4.79 Å². The van der Waals surface area contributed by atoms with Crippen molar-refractivity contribution >= 4 is 11.7 Å². The smallest absolute Gasteiger partial charge is 0.233 e. The predicted molar refractivity (Wildman–Crippen MR) is 64.6 cm³/mol. The molecule has 4 nitrogen and oxygen atoms in total. The van der Waals surface area contributed by atoms with E-state index < -0.39 is 0 Å². The minimum atomic E-state index is -0.159. The lowest BCUT2D eigenvalue weighted by atomic mass is 9.96. The summed E-state index contributed by atoms with van der Waals surface area (Å²) < 4.78 is 4.67. The highest BCUT2D eigenvalue weighted by molar-refractivity contribution is 5.94. The average Bonchev–Trinajstić information content (AvgIpc) is 2.84. The van der Waals surface area contributed by atoms with Crippen molar-refractivity contribution in [3.63, 3.8) is 0 Å². The van der Waals surface area contributed by atoms with E-state index in [1.165, 1.54) is 6.26 Å². The molecule has 1 heterocycles. The lowest BCUT2D eigenvalue weighted by Crippen LogP contribution is -2.20. The molecule has 0 fully saturated rings. The second-order valence-electron chi connectivity index (χ2n) is 3.75. The molecule has 0 bridgehead atoms. The number of amides is 1. The van der Waals surface area contributed by atoms with E-state index in [-0.39, 0.29) is 11.8 Å². The molecule has 0 saturated heterocycles. The molecule has 0 aliphatic rings. The zero-order valence-corrected chi connectivity index (χ0v) is 9.59. The van der Waals surface area contributed by atoms with Crippen molar-refractivity contribution in [2.75, 3.05) is 5.32 Å². The molecule has 0 spiro atoms. The summed E-state index contributed by atoms with van der Waals surface area (Å²) >= 11 is 0. The van der Waals surface area contributed by atoms with Gasteiger partial charge in [0.1, 0.15) is 6.26 Å². The summed E-state index contributed by atoms with van der Waals surface area (Å²) in [6.07, 6.45) is 2.17. The lowest BCUT2D eigenvalue weighted by molar-refractivity contribution is -0.117. The van der Waals surface area contributed by atoms with E-state index >= 15 is 0 Å². The first-order chi connectivity index (χ1) is 8.31. The van der Waals surface area contributed by atoms with Gasteiger partial charge in [-0.25, -0.2) is 0 Å². The van der Waals surface area contributed by atoms with E-state index in [4.69, 9.17) is 0 Å². The number of anilines is 1. The Morgan fingerprint density at radius 1 is 1.35 bits per heavy atom. The van der Waals surface area contributed by atoms with Crippen LogP contribution in [0.3, 0.4) is 0 Å². The Morgan fingerprint density at radius 2 is 2.12 bits per heavy atom. The van der Waals surface area contributed by atoms with E-state index in [1.54, 1.807) is 6.07 Å². The van der Waals surface area contributed by atoms with Gasteiger partial charge in [-0.2, -0.15) is 0 Å². The molecule has 1 amide bonds. The van der Waals surface area contributed by atoms with Gasteiger partial charge in [0, 0.05) is 6.07 Å². The first-order valence-electron chi connectivity index (χ1n) is 5.57. The molecule has 2 rings (SSSR count). The van der Waals surface area contributed by atoms with Crippen molar-refractivity contribution in [2.45, 2.75) is 19.3 Å². The van der Waals surface area contributed by atoms with Gasteiger partial charge in [-0.05, 0) is 12.0 Å². The van der Waals surface area contributed by atoms with Crippen LogP contribution in [0.25, 0.3) is 0 Å². The highest BCUT2D eigenvalue weighted by Crippen LogP contribution is 2.20. The third kappa shape index (κ3) is 2.72. The number of nitrogens with zero attached hydrogens (tertiary/aromatic N) is 1. The lowest BCUT2D eigenvalue weighted by Gasteiger charge is -2.13. The molecule has 88 valence electrons. The van der Waals surface area contributed by atoms with Gasteiger partial charge in [-0.3, -0.25) is 4.79 Å². The van der Waals surface area contributed by atoms with Crippen LogP contribution >= 0.6 is 0 Å². The minimum absolute atomic E-state index is 0.0624. The first-order valence-corrected chi connectivity index (χ1v) is 5.57. The second kappa shape index (κ2) is 5.30. The summed E-state index contributed by atoms with van der Waals surface area (Å²) in [6, 6.07) is 11.3. The number of carbonyl (C=O) groups excluding carboxylic acids is 1. The summed E-state index contributed by atoms with van der Waals surface area (Å²) in [7, 11) is 0. The Kier molecular flexibility index (Phi) is 3.55. The van der Waals surface area contributed by atoms with Crippen LogP contribution < -0.4 is 5.32 Å². The van der Waals surface area contributed by atoms with Gasteiger partial charge in [0.25, 0.3) is 0 Å². The van der Waals surface area contributed by atoms with E-state index in [0.717, 1.165) is 12.0 Å². The molecular formula is C13H14N2O2. The van der Waals surface area contributed by atoms with Crippen LogP contribution in [0.2, 0.25) is 0 Å². The summed E-state index contributed by atoms with van der Waals surface area (Å²) in [5.74, 6) is 0.227. The molecular weight excluding hydrogens is 216 g/mol. The third-order valence-corrected chi connectivity index (χ3v) is 2.62. The van der Waals surface area contributed by atoms with Gasteiger partial charge in [-0.15, -0.1) is 0 Å². The Morgan fingerprint density at radius 3 is 2.71 bits per heavy atom. The SMILES string of the molecule is CC[C@H](C(=O)Nc1ccon1)c1ccccc1. The maximum absolute atomic E-state index is 12.0. The number of hydrogen-bond acceptors (Lipinski definition) is 3. The van der Waals surface area contributed by atoms with E-state index in [1.807, 2.05) is 37.3 Å². The largest absolute Gasteiger partial charge is 0.363 e. The standard InChI is InChI=1S/C13H14N2O2/c1-2-11(10-6-4-3-5-7-10)13(16)14-12-8-9-17-15-12/h3-9,11H,2H2,1H3,(H,14,15,16)/t11-/m0/s1. The molecule has 0 aliphatic heterocycles. The van der Waals surface area contributed by atoms with Crippen LogP contribution in [0, 0.1) is 0 Å². The fourth-order valence-electron chi connectivity index (χ4n) is 1.75. The third-order valence-electron chi connectivity index (χ3n) is 2.62. The van der Waals surface area contributed by atoms with Gasteiger partial charge in [-0.1, -0.05) is 42.4 Å². The normalized spacial score (nSPS) is 12.1. The molecule has 0 radical (unpaired) electrons. The number of carbonyl (C=O) groups is 1. The highest BCUT2D eigenvalue weighted by atomic mass is 16.5. The quantitative estimate of drug-likeness (QED) is 0.878.